The molecular weight excluding hydrogens is 321 g/mol. The van der Waals surface area contributed by atoms with Crippen molar-refractivity contribution in [2.75, 3.05) is 39.5 Å². The lowest BCUT2D eigenvalue weighted by Gasteiger charge is -2.33. The van der Waals surface area contributed by atoms with Crippen molar-refractivity contribution in [2.45, 2.75) is 19.3 Å². The first-order valence-corrected chi connectivity index (χ1v) is 7.31. The van der Waals surface area contributed by atoms with Gasteiger partial charge >= 0.3 is 0 Å². The first-order chi connectivity index (χ1) is 9.54. The lowest BCUT2D eigenvalue weighted by molar-refractivity contribution is -0.131. The van der Waals surface area contributed by atoms with Crippen LogP contribution in [-0.4, -0.2) is 49.4 Å². The summed E-state index contributed by atoms with van der Waals surface area (Å²) in [6, 6.07) is 7.58. The number of nitrogen functional groups attached to an aromatic ring is 1. The van der Waals surface area contributed by atoms with Crippen molar-refractivity contribution in [3.05, 3.63) is 29.8 Å². The number of benzene rings is 1. The second-order valence-electron chi connectivity index (χ2n) is 6.00. The van der Waals surface area contributed by atoms with E-state index < -0.39 is 0 Å². The number of amides is 1. The molecule has 1 aliphatic heterocycles. The lowest BCUT2D eigenvalue weighted by Crippen LogP contribution is -2.41. The maximum absolute atomic E-state index is 12.3. The van der Waals surface area contributed by atoms with Gasteiger partial charge in [-0.3, -0.25) is 4.79 Å². The Bertz CT molecular complexity index is 443. The first kappa shape index (κ1) is 21.0. The molecule has 0 saturated carbocycles. The normalized spacial score (nSPS) is 15.1. The molecule has 0 aromatic heterocycles. The number of halogens is 2. The van der Waals surface area contributed by atoms with Crippen LogP contribution in [0, 0.1) is 5.92 Å². The van der Waals surface area contributed by atoms with Gasteiger partial charge in [-0.1, -0.05) is 12.1 Å². The molecule has 0 radical (unpaired) electrons. The molecule has 0 unspecified atom stereocenters. The van der Waals surface area contributed by atoms with E-state index in [2.05, 4.69) is 19.0 Å². The fourth-order valence-electron chi connectivity index (χ4n) is 2.80. The van der Waals surface area contributed by atoms with Crippen molar-refractivity contribution >= 4 is 36.4 Å². The Balaban J connectivity index is 0.00000220. The van der Waals surface area contributed by atoms with Crippen LogP contribution in [0.25, 0.3) is 0 Å². The third-order valence-electron chi connectivity index (χ3n) is 3.93. The zero-order valence-corrected chi connectivity index (χ0v) is 15.0. The zero-order chi connectivity index (χ0) is 14.5. The van der Waals surface area contributed by atoms with E-state index in [4.69, 9.17) is 5.73 Å². The molecule has 0 aliphatic carbocycles. The van der Waals surface area contributed by atoms with Crippen LogP contribution in [0.4, 0.5) is 5.69 Å². The van der Waals surface area contributed by atoms with Gasteiger partial charge in [0.25, 0.3) is 0 Å². The van der Waals surface area contributed by atoms with Crippen molar-refractivity contribution < 1.29 is 4.79 Å². The van der Waals surface area contributed by atoms with Crippen molar-refractivity contribution in [1.29, 1.82) is 0 Å². The van der Waals surface area contributed by atoms with Crippen LogP contribution in [0.1, 0.15) is 18.4 Å². The molecular formula is C16H27Cl2N3O. The molecule has 126 valence electrons. The van der Waals surface area contributed by atoms with Crippen LogP contribution in [-0.2, 0) is 11.2 Å². The van der Waals surface area contributed by atoms with Gasteiger partial charge in [-0.2, -0.15) is 0 Å². The lowest BCUT2D eigenvalue weighted by atomic mass is 9.96. The predicted molar refractivity (Wildman–Crippen MR) is 96.9 cm³/mol. The highest BCUT2D eigenvalue weighted by Gasteiger charge is 2.22. The van der Waals surface area contributed by atoms with E-state index in [0.717, 1.165) is 49.6 Å². The largest absolute Gasteiger partial charge is 0.399 e. The highest BCUT2D eigenvalue weighted by molar-refractivity contribution is 5.85. The Morgan fingerprint density at radius 2 is 1.73 bits per heavy atom. The topological polar surface area (TPSA) is 49.6 Å². The van der Waals surface area contributed by atoms with Crippen molar-refractivity contribution in [2.24, 2.45) is 5.92 Å². The van der Waals surface area contributed by atoms with Gasteiger partial charge in [0.2, 0.25) is 5.91 Å². The van der Waals surface area contributed by atoms with Gasteiger partial charge in [-0.05, 0) is 50.6 Å². The van der Waals surface area contributed by atoms with Gasteiger partial charge in [-0.25, -0.2) is 0 Å². The van der Waals surface area contributed by atoms with Crippen LogP contribution in [0.15, 0.2) is 24.3 Å². The molecule has 0 spiro atoms. The van der Waals surface area contributed by atoms with E-state index in [9.17, 15) is 4.79 Å². The molecule has 1 heterocycles. The summed E-state index contributed by atoms with van der Waals surface area (Å²) in [6.07, 6.45) is 2.72. The first-order valence-electron chi connectivity index (χ1n) is 7.31. The standard InChI is InChI=1S/C16H25N3O.2ClH/c1-18(2)12-14-7-9-19(10-8-14)16(20)11-13-3-5-15(17)6-4-13;;/h3-6,14H,7-12,17H2,1-2H3;2*1H. The monoisotopic (exact) mass is 347 g/mol. The Morgan fingerprint density at radius 1 is 1.18 bits per heavy atom. The van der Waals surface area contributed by atoms with Crippen LogP contribution in [0.5, 0.6) is 0 Å². The van der Waals surface area contributed by atoms with Crippen LogP contribution in [0.2, 0.25) is 0 Å². The van der Waals surface area contributed by atoms with E-state index in [1.807, 2.05) is 29.2 Å². The van der Waals surface area contributed by atoms with Gasteiger partial charge in [0.1, 0.15) is 0 Å². The van der Waals surface area contributed by atoms with Gasteiger partial charge in [-0.15, -0.1) is 24.8 Å². The predicted octanol–water partition coefficient (Wildman–Crippen LogP) is 2.46. The number of piperidine rings is 1. The number of nitrogens with two attached hydrogens (primary N) is 1. The minimum absolute atomic E-state index is 0. The Hall–Kier alpha value is -0.970. The number of hydrogen-bond acceptors (Lipinski definition) is 3. The maximum Gasteiger partial charge on any atom is 0.226 e. The van der Waals surface area contributed by atoms with Crippen LogP contribution >= 0.6 is 24.8 Å². The average Bonchev–Trinajstić information content (AvgIpc) is 2.41. The minimum atomic E-state index is 0. The Kier molecular flexibility index (Phi) is 9.49. The molecule has 4 nitrogen and oxygen atoms in total. The van der Waals surface area contributed by atoms with Gasteiger partial charge < -0.3 is 15.5 Å². The van der Waals surface area contributed by atoms with Crippen molar-refractivity contribution in [1.82, 2.24) is 9.80 Å². The highest BCUT2D eigenvalue weighted by Crippen LogP contribution is 2.18. The summed E-state index contributed by atoms with van der Waals surface area (Å²) in [5.41, 5.74) is 7.44. The van der Waals surface area contributed by atoms with Crippen LogP contribution < -0.4 is 5.73 Å². The summed E-state index contributed by atoms with van der Waals surface area (Å²) in [4.78, 5) is 16.5. The fraction of sp³-hybridized carbons (Fsp3) is 0.562. The smallest absolute Gasteiger partial charge is 0.226 e. The molecule has 1 fully saturated rings. The summed E-state index contributed by atoms with van der Waals surface area (Å²) < 4.78 is 0. The van der Waals surface area contributed by atoms with Gasteiger partial charge in [0.15, 0.2) is 0 Å². The number of carbonyl (C=O) groups excluding carboxylic acids is 1. The molecule has 1 aromatic rings. The number of rotatable bonds is 4. The third kappa shape index (κ3) is 6.42. The molecule has 6 heteroatoms. The number of hydrogen-bond donors (Lipinski definition) is 1. The van der Waals surface area contributed by atoms with Gasteiger partial charge in [0.05, 0.1) is 6.42 Å². The summed E-state index contributed by atoms with van der Waals surface area (Å²) >= 11 is 0. The summed E-state index contributed by atoms with van der Waals surface area (Å²) in [5.74, 6) is 0.962. The maximum atomic E-state index is 12.3. The zero-order valence-electron chi connectivity index (χ0n) is 13.3. The second-order valence-corrected chi connectivity index (χ2v) is 6.00. The molecule has 1 aromatic carbocycles. The molecule has 0 bridgehead atoms. The van der Waals surface area contributed by atoms with Gasteiger partial charge in [0, 0.05) is 25.3 Å². The molecule has 2 N–H and O–H groups in total. The summed E-state index contributed by atoms with van der Waals surface area (Å²) in [5, 5.41) is 0. The highest BCUT2D eigenvalue weighted by atomic mass is 35.5. The van der Waals surface area contributed by atoms with Crippen LogP contribution in [0.3, 0.4) is 0 Å². The number of carbonyl (C=O) groups is 1. The molecule has 2 rings (SSSR count). The number of nitrogens with zero attached hydrogens (tertiary/aromatic N) is 2. The number of likely N-dealkylation sites (tertiary alicyclic amines) is 1. The van der Waals surface area contributed by atoms with E-state index in [1.54, 1.807) is 0 Å². The van der Waals surface area contributed by atoms with E-state index in [-0.39, 0.29) is 30.7 Å². The average molecular weight is 348 g/mol. The van der Waals surface area contributed by atoms with E-state index in [1.165, 1.54) is 0 Å². The van der Waals surface area contributed by atoms with Crippen molar-refractivity contribution in [3.63, 3.8) is 0 Å². The second kappa shape index (κ2) is 9.93. The minimum Gasteiger partial charge on any atom is -0.399 e. The summed E-state index contributed by atoms with van der Waals surface area (Å²) in [7, 11) is 4.22. The Labute approximate surface area is 145 Å². The Morgan fingerprint density at radius 3 is 2.23 bits per heavy atom. The van der Waals surface area contributed by atoms with Crippen molar-refractivity contribution in [3.8, 4) is 0 Å². The van der Waals surface area contributed by atoms with E-state index >= 15 is 0 Å². The molecule has 1 aliphatic rings. The van der Waals surface area contributed by atoms with E-state index in [0.29, 0.717) is 6.42 Å². The molecule has 22 heavy (non-hydrogen) atoms. The molecule has 1 saturated heterocycles. The summed E-state index contributed by atoms with van der Waals surface area (Å²) in [6.45, 7) is 2.92. The third-order valence-corrected chi connectivity index (χ3v) is 3.93. The fourth-order valence-corrected chi connectivity index (χ4v) is 2.80. The molecule has 0 atom stereocenters. The SMILES string of the molecule is CN(C)CC1CCN(C(=O)Cc2ccc(N)cc2)CC1.Cl.Cl. The number of anilines is 1. The molecule has 1 amide bonds. The quantitative estimate of drug-likeness (QED) is 0.851.